The minimum absolute atomic E-state index is 0.0334. The molecular formula is C21H28N6O4S. The molecule has 32 heavy (non-hydrogen) atoms. The van der Waals surface area contributed by atoms with Gasteiger partial charge in [0.1, 0.15) is 11.8 Å². The second-order valence-electron chi connectivity index (χ2n) is 9.26. The molecule has 0 fully saturated rings. The van der Waals surface area contributed by atoms with Crippen molar-refractivity contribution in [3.63, 3.8) is 0 Å². The fourth-order valence-corrected chi connectivity index (χ4v) is 4.47. The van der Waals surface area contributed by atoms with Crippen molar-refractivity contribution in [1.29, 1.82) is 5.26 Å². The lowest BCUT2D eigenvalue weighted by molar-refractivity contribution is 0.0970. The number of sulfonamides is 1. The van der Waals surface area contributed by atoms with Crippen LogP contribution in [0.1, 0.15) is 70.3 Å². The summed E-state index contributed by atoms with van der Waals surface area (Å²) in [6.07, 6.45) is 1.18. The third-order valence-corrected chi connectivity index (χ3v) is 6.37. The van der Waals surface area contributed by atoms with Crippen LogP contribution in [0.15, 0.2) is 17.2 Å². The molecule has 0 spiro atoms. The maximum Gasteiger partial charge on any atom is 0.333 e. The number of anilines is 1. The third kappa shape index (κ3) is 4.70. The zero-order chi connectivity index (χ0) is 23.8. The van der Waals surface area contributed by atoms with Crippen LogP contribution in [0.2, 0.25) is 0 Å². The Hall–Kier alpha value is -3.13. The first kappa shape index (κ1) is 23.5. The molecule has 1 aliphatic heterocycles. The average molecular weight is 461 g/mol. The molecule has 172 valence electrons. The number of hydrogen-bond acceptors (Lipinski definition) is 7. The van der Waals surface area contributed by atoms with Gasteiger partial charge in [0.15, 0.2) is 4.90 Å². The van der Waals surface area contributed by atoms with Crippen LogP contribution in [0.25, 0.3) is 0 Å². The number of aromatic nitrogens is 3. The molecule has 2 aromatic rings. The van der Waals surface area contributed by atoms with Gasteiger partial charge in [-0.1, -0.05) is 41.5 Å². The molecule has 3 heterocycles. The average Bonchev–Trinajstić information content (AvgIpc) is 3.09. The first-order valence-electron chi connectivity index (χ1n) is 10.3. The van der Waals surface area contributed by atoms with Gasteiger partial charge in [-0.3, -0.25) is 0 Å². The predicted octanol–water partition coefficient (Wildman–Crippen LogP) is 3.33. The van der Waals surface area contributed by atoms with E-state index in [0.717, 1.165) is 0 Å². The van der Waals surface area contributed by atoms with Crippen molar-refractivity contribution in [2.75, 3.05) is 11.9 Å². The lowest BCUT2D eigenvalue weighted by Crippen LogP contribution is -2.36. The number of carbonyl (C=O) groups excluding carboxylic acids is 1. The fourth-order valence-electron chi connectivity index (χ4n) is 3.48. The first-order valence-corrected chi connectivity index (χ1v) is 11.8. The van der Waals surface area contributed by atoms with E-state index in [1.807, 2.05) is 52.3 Å². The molecule has 10 nitrogen and oxygen atoms in total. The molecule has 0 aromatic carbocycles. The quantitative estimate of drug-likeness (QED) is 0.697. The van der Waals surface area contributed by atoms with Gasteiger partial charge < -0.3 is 10.1 Å². The van der Waals surface area contributed by atoms with E-state index in [1.54, 1.807) is 6.07 Å². The van der Waals surface area contributed by atoms with Gasteiger partial charge in [-0.15, -0.1) is 0 Å². The second-order valence-corrected chi connectivity index (χ2v) is 10.9. The van der Waals surface area contributed by atoms with Crippen LogP contribution in [-0.4, -0.2) is 35.8 Å². The molecule has 2 amide bonds. The Labute approximate surface area is 188 Å². The maximum absolute atomic E-state index is 12.9. The summed E-state index contributed by atoms with van der Waals surface area (Å²) < 4.78 is 34.9. The summed E-state index contributed by atoms with van der Waals surface area (Å²) in [6, 6.07) is 2.70. The minimum atomic E-state index is -4.24. The van der Waals surface area contributed by atoms with Crippen molar-refractivity contribution in [2.24, 2.45) is 5.41 Å². The SMILES string of the molecule is CC(C)c1cc(C#N)nc(C(C)C)c1NC(=O)NS(=O)(=O)c1cnn2c1OCC(C)(C)C2. The number of nitrogens with zero attached hydrogens (tertiary/aromatic N) is 4. The molecule has 11 heteroatoms. The summed E-state index contributed by atoms with van der Waals surface area (Å²) in [5.74, 6) is -0.0310. The van der Waals surface area contributed by atoms with Crippen LogP contribution in [0.4, 0.5) is 10.5 Å². The Bertz CT molecular complexity index is 1160. The number of nitrogens with one attached hydrogen (secondary N) is 2. The normalized spacial score (nSPS) is 15.1. The molecule has 2 N–H and O–H groups in total. The molecule has 0 bridgehead atoms. The summed E-state index contributed by atoms with van der Waals surface area (Å²) in [5, 5.41) is 16.0. The predicted molar refractivity (Wildman–Crippen MR) is 118 cm³/mol. The van der Waals surface area contributed by atoms with E-state index in [0.29, 0.717) is 30.1 Å². The molecule has 0 unspecified atom stereocenters. The molecule has 3 rings (SSSR count). The highest BCUT2D eigenvalue weighted by molar-refractivity contribution is 7.90. The summed E-state index contributed by atoms with van der Waals surface area (Å²) >= 11 is 0. The zero-order valence-electron chi connectivity index (χ0n) is 19.1. The van der Waals surface area contributed by atoms with Crippen LogP contribution in [-0.2, 0) is 16.6 Å². The van der Waals surface area contributed by atoms with Crippen molar-refractivity contribution in [2.45, 2.75) is 64.8 Å². The fraction of sp³-hybridized carbons (Fsp3) is 0.524. The van der Waals surface area contributed by atoms with Gasteiger partial charge in [-0.05, 0) is 23.5 Å². The third-order valence-electron chi connectivity index (χ3n) is 5.05. The van der Waals surface area contributed by atoms with E-state index in [9.17, 15) is 18.5 Å². The van der Waals surface area contributed by atoms with Gasteiger partial charge in [0.25, 0.3) is 10.0 Å². The van der Waals surface area contributed by atoms with Crippen molar-refractivity contribution in [1.82, 2.24) is 19.5 Å². The van der Waals surface area contributed by atoms with E-state index in [4.69, 9.17) is 4.74 Å². The highest BCUT2D eigenvalue weighted by atomic mass is 32.2. The number of hydrogen-bond donors (Lipinski definition) is 2. The molecule has 0 aliphatic carbocycles. The van der Waals surface area contributed by atoms with Crippen LogP contribution in [0.5, 0.6) is 5.88 Å². The van der Waals surface area contributed by atoms with E-state index in [1.165, 1.54) is 10.9 Å². The van der Waals surface area contributed by atoms with Gasteiger partial charge in [-0.2, -0.15) is 10.4 Å². The molecule has 2 aromatic heterocycles. The van der Waals surface area contributed by atoms with E-state index < -0.39 is 16.1 Å². The van der Waals surface area contributed by atoms with Gasteiger partial charge >= 0.3 is 6.03 Å². The zero-order valence-corrected chi connectivity index (χ0v) is 19.9. The Kier molecular flexibility index (Phi) is 6.20. The summed E-state index contributed by atoms with van der Waals surface area (Å²) in [7, 11) is -4.24. The van der Waals surface area contributed by atoms with E-state index >= 15 is 0 Å². The molecular weight excluding hydrogens is 432 g/mol. The van der Waals surface area contributed by atoms with Gasteiger partial charge in [0.05, 0.1) is 30.7 Å². The monoisotopic (exact) mass is 460 g/mol. The molecule has 0 atom stereocenters. The highest BCUT2D eigenvalue weighted by Gasteiger charge is 2.34. The molecule has 0 saturated carbocycles. The van der Waals surface area contributed by atoms with Crippen LogP contribution in [0, 0.1) is 16.7 Å². The number of ether oxygens (including phenoxy) is 1. The number of rotatable bonds is 5. The van der Waals surface area contributed by atoms with Crippen molar-refractivity contribution >= 4 is 21.7 Å². The molecule has 0 radical (unpaired) electrons. The van der Waals surface area contributed by atoms with Crippen LogP contribution >= 0.6 is 0 Å². The van der Waals surface area contributed by atoms with Crippen molar-refractivity contribution in [3.05, 3.63) is 29.2 Å². The second kappa shape index (κ2) is 8.43. The number of pyridine rings is 1. The lowest BCUT2D eigenvalue weighted by Gasteiger charge is -2.30. The Balaban J connectivity index is 1.90. The maximum atomic E-state index is 12.9. The summed E-state index contributed by atoms with van der Waals surface area (Å²) in [6.45, 7) is 12.4. The topological polar surface area (TPSA) is 139 Å². The standard InChI is InChI=1S/C21H28N6O4S/c1-12(2)15-7-14(8-22)24-17(13(3)4)18(15)25-20(28)26-32(29,30)16-9-23-27-10-21(5,6)11-31-19(16)27/h7,9,12-13H,10-11H2,1-6H3,(H2,25,26,28). The van der Waals surface area contributed by atoms with E-state index in [-0.39, 0.29) is 33.7 Å². The summed E-state index contributed by atoms with van der Waals surface area (Å²) in [5.41, 5.74) is 1.66. The van der Waals surface area contributed by atoms with Crippen molar-refractivity contribution in [3.8, 4) is 11.9 Å². The smallest absolute Gasteiger partial charge is 0.333 e. The van der Waals surface area contributed by atoms with E-state index in [2.05, 4.69) is 15.4 Å². The largest absolute Gasteiger partial charge is 0.476 e. The molecule has 1 aliphatic rings. The van der Waals surface area contributed by atoms with Crippen LogP contribution in [0.3, 0.4) is 0 Å². The number of amides is 2. The van der Waals surface area contributed by atoms with Gasteiger partial charge in [0.2, 0.25) is 5.88 Å². The first-order chi connectivity index (χ1) is 14.8. The number of urea groups is 1. The Morgan fingerprint density at radius 3 is 2.56 bits per heavy atom. The summed E-state index contributed by atoms with van der Waals surface area (Å²) in [4.78, 5) is 16.9. The number of fused-ring (bicyclic) bond motifs is 1. The Morgan fingerprint density at radius 1 is 1.28 bits per heavy atom. The lowest BCUT2D eigenvalue weighted by atomic mass is 9.94. The molecule has 0 saturated heterocycles. The number of carbonyl (C=O) groups is 1. The van der Waals surface area contributed by atoms with Crippen LogP contribution < -0.4 is 14.8 Å². The van der Waals surface area contributed by atoms with Crippen molar-refractivity contribution < 1.29 is 17.9 Å². The minimum Gasteiger partial charge on any atom is -0.476 e. The Morgan fingerprint density at radius 2 is 1.97 bits per heavy atom. The van der Waals surface area contributed by atoms with Gasteiger partial charge in [-0.25, -0.2) is 27.6 Å². The van der Waals surface area contributed by atoms with Gasteiger partial charge in [0, 0.05) is 5.41 Å². The highest BCUT2D eigenvalue weighted by Crippen LogP contribution is 2.34. The number of nitriles is 1.